The van der Waals surface area contributed by atoms with E-state index >= 15 is 0 Å². The normalized spacial score (nSPS) is 16.1. The third-order valence-electron chi connectivity index (χ3n) is 4.31. The first-order valence-electron chi connectivity index (χ1n) is 8.13. The molecule has 0 aromatic heterocycles. The van der Waals surface area contributed by atoms with E-state index in [2.05, 4.69) is 23.2 Å². The Morgan fingerprint density at radius 3 is 2.71 bits per heavy atom. The van der Waals surface area contributed by atoms with Gasteiger partial charge in [-0.25, -0.2) is 0 Å². The van der Waals surface area contributed by atoms with E-state index in [4.69, 9.17) is 11.6 Å². The van der Waals surface area contributed by atoms with Crippen molar-refractivity contribution in [1.29, 1.82) is 0 Å². The highest BCUT2D eigenvalue weighted by Crippen LogP contribution is 2.32. The van der Waals surface area contributed by atoms with Crippen LogP contribution < -0.4 is 10.2 Å². The van der Waals surface area contributed by atoms with Gasteiger partial charge in [-0.3, -0.25) is 0 Å². The molecule has 1 saturated carbocycles. The molecule has 0 amide bonds. The number of aliphatic hydroxyl groups excluding tert-OH is 1. The van der Waals surface area contributed by atoms with E-state index in [0.717, 1.165) is 23.7 Å². The number of nitrogens with one attached hydrogen (secondary N) is 1. The van der Waals surface area contributed by atoms with Gasteiger partial charge in [0.15, 0.2) is 0 Å². The Balaban J connectivity index is 2.27. The fraction of sp³-hybridized carbons (Fsp3) is 0.647. The second-order valence-electron chi connectivity index (χ2n) is 5.73. The molecule has 0 spiro atoms. The molecule has 118 valence electrons. The Labute approximate surface area is 133 Å². The van der Waals surface area contributed by atoms with Gasteiger partial charge in [-0.15, -0.1) is 0 Å². The van der Waals surface area contributed by atoms with Gasteiger partial charge < -0.3 is 15.3 Å². The molecule has 1 fully saturated rings. The number of aliphatic hydroxyl groups is 1. The monoisotopic (exact) mass is 310 g/mol. The molecular formula is C17H27ClN2O. The first-order valence-corrected chi connectivity index (χ1v) is 8.51. The number of benzene rings is 1. The lowest BCUT2D eigenvalue weighted by Crippen LogP contribution is -2.39. The van der Waals surface area contributed by atoms with Crippen LogP contribution in [0.4, 0.5) is 5.69 Å². The van der Waals surface area contributed by atoms with Gasteiger partial charge >= 0.3 is 0 Å². The van der Waals surface area contributed by atoms with E-state index in [1.807, 2.05) is 12.1 Å². The van der Waals surface area contributed by atoms with Gasteiger partial charge in [0.1, 0.15) is 0 Å². The predicted octanol–water partition coefficient (Wildman–Crippen LogP) is 3.58. The molecule has 2 N–H and O–H groups in total. The van der Waals surface area contributed by atoms with Gasteiger partial charge in [0.2, 0.25) is 0 Å². The van der Waals surface area contributed by atoms with Crippen molar-refractivity contribution in [2.45, 2.75) is 51.6 Å². The summed E-state index contributed by atoms with van der Waals surface area (Å²) in [6.07, 6.45) is 6.34. The highest BCUT2D eigenvalue weighted by atomic mass is 35.5. The summed E-state index contributed by atoms with van der Waals surface area (Å²) in [5.74, 6) is 0. The van der Waals surface area contributed by atoms with Gasteiger partial charge in [0.25, 0.3) is 0 Å². The highest BCUT2D eigenvalue weighted by molar-refractivity contribution is 6.31. The number of rotatable bonds is 7. The van der Waals surface area contributed by atoms with E-state index in [0.29, 0.717) is 12.6 Å². The van der Waals surface area contributed by atoms with Crippen LogP contribution in [0, 0.1) is 0 Å². The number of halogens is 1. The summed E-state index contributed by atoms with van der Waals surface area (Å²) in [4.78, 5) is 2.37. The van der Waals surface area contributed by atoms with Crippen molar-refractivity contribution < 1.29 is 5.11 Å². The molecule has 0 radical (unpaired) electrons. The van der Waals surface area contributed by atoms with E-state index in [9.17, 15) is 5.11 Å². The number of anilines is 1. The van der Waals surface area contributed by atoms with Crippen LogP contribution in [0.15, 0.2) is 18.2 Å². The number of nitrogens with zero attached hydrogens (tertiary/aromatic N) is 1. The lowest BCUT2D eigenvalue weighted by molar-refractivity contribution is 0.290. The van der Waals surface area contributed by atoms with Gasteiger partial charge in [-0.2, -0.15) is 0 Å². The lowest BCUT2D eigenvalue weighted by atomic mass is 9.93. The van der Waals surface area contributed by atoms with Crippen molar-refractivity contribution in [3.05, 3.63) is 28.8 Å². The van der Waals surface area contributed by atoms with Crippen LogP contribution in [0.3, 0.4) is 0 Å². The maximum absolute atomic E-state index is 9.47. The Bertz CT molecular complexity index is 433. The van der Waals surface area contributed by atoms with Crippen molar-refractivity contribution in [3.8, 4) is 0 Å². The van der Waals surface area contributed by atoms with Crippen molar-refractivity contribution in [1.82, 2.24) is 5.32 Å². The molecule has 0 bridgehead atoms. The second kappa shape index (κ2) is 8.62. The SMILES string of the molecule is CCNCc1c(Cl)cccc1N(CCO)C1CCCCC1. The van der Waals surface area contributed by atoms with Crippen molar-refractivity contribution in [2.75, 3.05) is 24.6 Å². The molecule has 3 nitrogen and oxygen atoms in total. The van der Waals surface area contributed by atoms with Crippen LogP contribution in [0.5, 0.6) is 0 Å². The molecule has 1 aliphatic carbocycles. The molecule has 0 atom stereocenters. The van der Waals surface area contributed by atoms with Crippen molar-refractivity contribution >= 4 is 17.3 Å². The third kappa shape index (κ3) is 4.35. The molecule has 1 aromatic rings. The highest BCUT2D eigenvalue weighted by Gasteiger charge is 2.23. The van der Waals surface area contributed by atoms with Gasteiger partial charge in [-0.05, 0) is 31.5 Å². The summed E-state index contributed by atoms with van der Waals surface area (Å²) in [6.45, 7) is 4.67. The molecule has 0 unspecified atom stereocenters. The summed E-state index contributed by atoms with van der Waals surface area (Å²) in [6, 6.07) is 6.64. The Morgan fingerprint density at radius 1 is 1.29 bits per heavy atom. The molecule has 1 aliphatic rings. The van der Waals surface area contributed by atoms with Crippen LogP contribution in [-0.4, -0.2) is 30.8 Å². The zero-order chi connectivity index (χ0) is 15.1. The minimum Gasteiger partial charge on any atom is -0.395 e. The molecule has 4 heteroatoms. The van der Waals surface area contributed by atoms with Crippen molar-refractivity contribution in [3.63, 3.8) is 0 Å². The third-order valence-corrected chi connectivity index (χ3v) is 4.67. The summed E-state index contributed by atoms with van der Waals surface area (Å²) >= 11 is 6.42. The largest absolute Gasteiger partial charge is 0.395 e. The van der Waals surface area contributed by atoms with E-state index < -0.39 is 0 Å². The molecule has 1 aromatic carbocycles. The quantitative estimate of drug-likeness (QED) is 0.808. The number of hydrogen-bond acceptors (Lipinski definition) is 3. The fourth-order valence-electron chi connectivity index (χ4n) is 3.24. The maximum atomic E-state index is 9.47. The zero-order valence-electron chi connectivity index (χ0n) is 12.9. The van der Waals surface area contributed by atoms with Crippen LogP contribution >= 0.6 is 11.6 Å². The van der Waals surface area contributed by atoms with Gasteiger partial charge in [0, 0.05) is 35.4 Å². The van der Waals surface area contributed by atoms with Crippen LogP contribution in [-0.2, 0) is 6.54 Å². The van der Waals surface area contributed by atoms with Gasteiger partial charge in [0.05, 0.1) is 6.61 Å². The van der Waals surface area contributed by atoms with Crippen LogP contribution in [0.1, 0.15) is 44.6 Å². The summed E-state index contributed by atoms with van der Waals surface area (Å²) < 4.78 is 0. The standard InChI is InChI=1S/C17H27ClN2O/c1-2-19-13-15-16(18)9-6-10-17(15)20(11-12-21)14-7-4-3-5-8-14/h6,9-10,14,19,21H,2-5,7-8,11-13H2,1H3. The average molecular weight is 311 g/mol. The summed E-state index contributed by atoms with van der Waals surface area (Å²) in [5, 5.41) is 13.7. The smallest absolute Gasteiger partial charge is 0.0606 e. The van der Waals surface area contributed by atoms with Crippen LogP contribution in [0.25, 0.3) is 0 Å². The maximum Gasteiger partial charge on any atom is 0.0606 e. The minimum atomic E-state index is 0.184. The van der Waals surface area contributed by atoms with E-state index in [-0.39, 0.29) is 6.61 Å². The van der Waals surface area contributed by atoms with E-state index in [1.165, 1.54) is 37.8 Å². The molecule has 0 saturated heterocycles. The summed E-state index contributed by atoms with van der Waals surface area (Å²) in [5.41, 5.74) is 2.34. The molecular weight excluding hydrogens is 284 g/mol. The average Bonchev–Trinajstić information content (AvgIpc) is 2.52. The number of hydrogen-bond donors (Lipinski definition) is 2. The first kappa shape index (κ1) is 16.6. The summed E-state index contributed by atoms with van der Waals surface area (Å²) in [7, 11) is 0. The fourth-order valence-corrected chi connectivity index (χ4v) is 3.48. The van der Waals surface area contributed by atoms with Crippen LogP contribution in [0.2, 0.25) is 5.02 Å². The topological polar surface area (TPSA) is 35.5 Å². The van der Waals surface area contributed by atoms with E-state index in [1.54, 1.807) is 0 Å². The molecule has 21 heavy (non-hydrogen) atoms. The lowest BCUT2D eigenvalue weighted by Gasteiger charge is -2.37. The zero-order valence-corrected chi connectivity index (χ0v) is 13.7. The molecule has 2 rings (SSSR count). The second-order valence-corrected chi connectivity index (χ2v) is 6.13. The minimum absolute atomic E-state index is 0.184. The molecule has 0 aliphatic heterocycles. The Kier molecular flexibility index (Phi) is 6.81. The molecule has 0 heterocycles. The Hall–Kier alpha value is -0.770. The Morgan fingerprint density at radius 2 is 2.05 bits per heavy atom. The first-order chi connectivity index (χ1) is 10.3. The van der Waals surface area contributed by atoms with Gasteiger partial charge in [-0.1, -0.05) is 43.9 Å². The predicted molar refractivity (Wildman–Crippen MR) is 90.1 cm³/mol. The van der Waals surface area contributed by atoms with Crippen molar-refractivity contribution in [2.24, 2.45) is 0 Å².